The van der Waals surface area contributed by atoms with E-state index in [2.05, 4.69) is 14.9 Å². The predicted molar refractivity (Wildman–Crippen MR) is 53.0 cm³/mol. The standard InChI is InChI=1S/C8H4N4O5/c13-11(14)7-2-1-5(3-8(7)12(15)16)6-4-9-17-10-6/h1-4H. The molecule has 1 aromatic heterocycles. The molecule has 0 aliphatic rings. The summed E-state index contributed by atoms with van der Waals surface area (Å²) in [6, 6.07) is 3.43. The van der Waals surface area contributed by atoms with Crippen molar-refractivity contribution < 1.29 is 14.5 Å². The third-order valence-corrected chi connectivity index (χ3v) is 2.03. The Kier molecular flexibility index (Phi) is 2.49. The summed E-state index contributed by atoms with van der Waals surface area (Å²) in [5.41, 5.74) is -0.586. The first-order chi connectivity index (χ1) is 8.09. The highest BCUT2D eigenvalue weighted by atomic mass is 16.6. The molecular weight excluding hydrogens is 232 g/mol. The number of nitro benzene ring substituents is 2. The van der Waals surface area contributed by atoms with Gasteiger partial charge in [0.15, 0.2) is 0 Å². The number of nitro groups is 2. The molecule has 0 radical (unpaired) electrons. The first kappa shape index (κ1) is 10.7. The number of rotatable bonds is 3. The highest BCUT2D eigenvalue weighted by molar-refractivity contribution is 5.67. The third-order valence-electron chi connectivity index (χ3n) is 2.03. The molecule has 9 nitrogen and oxygen atoms in total. The Morgan fingerprint density at radius 3 is 2.35 bits per heavy atom. The summed E-state index contributed by atoms with van der Waals surface area (Å²) in [6.07, 6.45) is 1.25. The topological polar surface area (TPSA) is 125 Å². The number of hydrogen-bond acceptors (Lipinski definition) is 7. The van der Waals surface area contributed by atoms with Crippen LogP contribution in [0.5, 0.6) is 0 Å². The minimum absolute atomic E-state index is 0.267. The van der Waals surface area contributed by atoms with E-state index in [9.17, 15) is 20.2 Å². The van der Waals surface area contributed by atoms with Gasteiger partial charge in [0.1, 0.15) is 5.69 Å². The van der Waals surface area contributed by atoms with Crippen LogP contribution in [0.4, 0.5) is 11.4 Å². The zero-order chi connectivity index (χ0) is 12.4. The van der Waals surface area contributed by atoms with Crippen molar-refractivity contribution in [3.63, 3.8) is 0 Å². The molecule has 0 bridgehead atoms. The lowest BCUT2D eigenvalue weighted by Crippen LogP contribution is -1.96. The molecule has 0 saturated heterocycles. The predicted octanol–water partition coefficient (Wildman–Crippen LogP) is 1.55. The second kappa shape index (κ2) is 3.96. The van der Waals surface area contributed by atoms with Crippen LogP contribution >= 0.6 is 0 Å². The molecule has 0 unspecified atom stereocenters. The van der Waals surface area contributed by atoms with E-state index in [1.807, 2.05) is 0 Å². The lowest BCUT2D eigenvalue weighted by molar-refractivity contribution is -0.422. The lowest BCUT2D eigenvalue weighted by atomic mass is 10.1. The highest BCUT2D eigenvalue weighted by Gasteiger charge is 2.24. The van der Waals surface area contributed by atoms with Crippen molar-refractivity contribution in [3.8, 4) is 11.3 Å². The fourth-order valence-corrected chi connectivity index (χ4v) is 1.28. The van der Waals surface area contributed by atoms with Crippen molar-refractivity contribution in [2.75, 3.05) is 0 Å². The van der Waals surface area contributed by atoms with E-state index in [1.54, 1.807) is 0 Å². The van der Waals surface area contributed by atoms with Gasteiger partial charge in [-0.3, -0.25) is 20.2 Å². The molecule has 0 aliphatic carbocycles. The van der Waals surface area contributed by atoms with E-state index in [0.717, 1.165) is 12.1 Å². The summed E-state index contributed by atoms with van der Waals surface area (Å²) >= 11 is 0. The third kappa shape index (κ3) is 1.93. The minimum Gasteiger partial charge on any atom is -0.258 e. The van der Waals surface area contributed by atoms with Gasteiger partial charge in [-0.1, -0.05) is 5.16 Å². The number of benzene rings is 1. The van der Waals surface area contributed by atoms with Crippen molar-refractivity contribution in [1.82, 2.24) is 10.3 Å². The SMILES string of the molecule is O=[N+]([O-])c1ccc(-c2cnon2)cc1[N+](=O)[O-]. The molecule has 0 N–H and O–H groups in total. The van der Waals surface area contributed by atoms with Crippen molar-refractivity contribution >= 4 is 11.4 Å². The Hall–Kier alpha value is -2.84. The van der Waals surface area contributed by atoms with Crippen LogP contribution in [-0.2, 0) is 0 Å². The van der Waals surface area contributed by atoms with Crippen LogP contribution in [0.1, 0.15) is 0 Å². The molecular formula is C8H4N4O5. The van der Waals surface area contributed by atoms with Crippen molar-refractivity contribution in [3.05, 3.63) is 44.6 Å². The van der Waals surface area contributed by atoms with Crippen LogP contribution < -0.4 is 0 Å². The van der Waals surface area contributed by atoms with Gasteiger partial charge in [0.2, 0.25) is 0 Å². The molecule has 1 aromatic carbocycles. The molecule has 0 saturated carbocycles. The van der Waals surface area contributed by atoms with Gasteiger partial charge in [0.25, 0.3) is 0 Å². The summed E-state index contributed by atoms with van der Waals surface area (Å²) in [5.74, 6) is 0. The van der Waals surface area contributed by atoms with Crippen LogP contribution in [0.3, 0.4) is 0 Å². The Bertz CT molecular complexity index is 580. The molecule has 0 fully saturated rings. The molecule has 2 rings (SSSR count). The van der Waals surface area contributed by atoms with Gasteiger partial charge in [-0.2, -0.15) is 0 Å². The maximum atomic E-state index is 10.7. The molecule has 17 heavy (non-hydrogen) atoms. The van der Waals surface area contributed by atoms with Crippen molar-refractivity contribution in [1.29, 1.82) is 0 Å². The minimum atomic E-state index is -0.824. The van der Waals surface area contributed by atoms with Gasteiger partial charge < -0.3 is 0 Å². The fourth-order valence-electron chi connectivity index (χ4n) is 1.28. The van der Waals surface area contributed by atoms with Crippen LogP contribution in [0.2, 0.25) is 0 Å². The van der Waals surface area contributed by atoms with E-state index < -0.39 is 21.2 Å². The summed E-state index contributed by atoms with van der Waals surface area (Å²) in [4.78, 5) is 19.6. The van der Waals surface area contributed by atoms with E-state index in [-0.39, 0.29) is 5.69 Å². The number of nitrogens with zero attached hydrogens (tertiary/aromatic N) is 4. The Balaban J connectivity index is 2.57. The average Bonchev–Trinajstić information content (AvgIpc) is 2.81. The van der Waals surface area contributed by atoms with Gasteiger partial charge in [0, 0.05) is 17.7 Å². The first-order valence-corrected chi connectivity index (χ1v) is 4.30. The maximum absolute atomic E-state index is 10.7. The molecule has 9 heteroatoms. The van der Waals surface area contributed by atoms with Crippen molar-refractivity contribution in [2.24, 2.45) is 0 Å². The van der Waals surface area contributed by atoms with Crippen molar-refractivity contribution in [2.45, 2.75) is 0 Å². The fraction of sp³-hybridized carbons (Fsp3) is 0. The molecule has 0 spiro atoms. The zero-order valence-corrected chi connectivity index (χ0v) is 8.14. The van der Waals surface area contributed by atoms with E-state index in [1.165, 1.54) is 12.3 Å². The number of aromatic nitrogens is 2. The van der Waals surface area contributed by atoms with Gasteiger partial charge in [-0.15, -0.1) is 0 Å². The monoisotopic (exact) mass is 236 g/mol. The quantitative estimate of drug-likeness (QED) is 0.584. The van der Waals surface area contributed by atoms with E-state index in [4.69, 9.17) is 0 Å². The molecule has 1 heterocycles. The lowest BCUT2D eigenvalue weighted by Gasteiger charge is -1.97. The largest absolute Gasteiger partial charge is 0.346 e. The van der Waals surface area contributed by atoms with Crippen LogP contribution in [0, 0.1) is 20.2 Å². The van der Waals surface area contributed by atoms with Gasteiger partial charge >= 0.3 is 11.4 Å². The average molecular weight is 236 g/mol. The Morgan fingerprint density at radius 1 is 1.12 bits per heavy atom. The smallest absolute Gasteiger partial charge is 0.258 e. The van der Waals surface area contributed by atoms with E-state index >= 15 is 0 Å². The van der Waals surface area contributed by atoms with Gasteiger partial charge in [-0.25, -0.2) is 4.63 Å². The summed E-state index contributed by atoms with van der Waals surface area (Å²) in [6.45, 7) is 0. The Morgan fingerprint density at radius 2 is 1.82 bits per heavy atom. The van der Waals surface area contributed by atoms with Gasteiger partial charge in [-0.05, 0) is 11.2 Å². The zero-order valence-electron chi connectivity index (χ0n) is 8.14. The number of hydrogen-bond donors (Lipinski definition) is 0. The Labute approximate surface area is 92.9 Å². The second-order valence-corrected chi connectivity index (χ2v) is 3.01. The molecule has 2 aromatic rings. The normalized spacial score (nSPS) is 10.1. The molecule has 0 atom stereocenters. The van der Waals surface area contributed by atoms with E-state index in [0.29, 0.717) is 5.56 Å². The first-order valence-electron chi connectivity index (χ1n) is 4.30. The van der Waals surface area contributed by atoms with Crippen LogP contribution in [0.15, 0.2) is 29.0 Å². The second-order valence-electron chi connectivity index (χ2n) is 3.01. The summed E-state index contributed by atoms with van der Waals surface area (Å²) < 4.78 is 4.34. The highest BCUT2D eigenvalue weighted by Crippen LogP contribution is 2.30. The molecule has 0 amide bonds. The van der Waals surface area contributed by atoms with Crippen LogP contribution in [-0.4, -0.2) is 20.2 Å². The molecule has 0 aliphatic heterocycles. The van der Waals surface area contributed by atoms with Crippen LogP contribution in [0.25, 0.3) is 11.3 Å². The molecule has 86 valence electrons. The summed E-state index contributed by atoms with van der Waals surface area (Å²) in [5, 5.41) is 28.1. The van der Waals surface area contributed by atoms with Gasteiger partial charge in [0.05, 0.1) is 16.0 Å². The maximum Gasteiger partial charge on any atom is 0.346 e. The summed E-state index contributed by atoms with van der Waals surface area (Å²) in [7, 11) is 0.